The van der Waals surface area contributed by atoms with E-state index >= 15 is 0 Å². The molecule has 5 rings (SSSR count). The van der Waals surface area contributed by atoms with E-state index in [-0.39, 0.29) is 5.41 Å². The molecule has 0 amide bonds. The van der Waals surface area contributed by atoms with Crippen LogP contribution in [-0.4, -0.2) is 0 Å². The van der Waals surface area contributed by atoms with Crippen LogP contribution in [0.3, 0.4) is 0 Å². The van der Waals surface area contributed by atoms with Gasteiger partial charge in [-0.15, -0.1) is 0 Å². The first-order valence-electron chi connectivity index (χ1n) is 10.4. The number of aryl methyl sites for hydroxylation is 2. The van der Waals surface area contributed by atoms with Crippen molar-refractivity contribution in [3.63, 3.8) is 0 Å². The lowest BCUT2D eigenvalue weighted by Gasteiger charge is -2.22. The summed E-state index contributed by atoms with van der Waals surface area (Å²) in [6, 6.07) is 31.6. The highest BCUT2D eigenvalue weighted by atomic mass is 14.4. The molecule has 0 heteroatoms. The molecule has 0 aliphatic heterocycles. The summed E-state index contributed by atoms with van der Waals surface area (Å²) < 4.78 is 0. The normalized spacial score (nSPS) is 13.8. The van der Waals surface area contributed by atoms with Crippen LogP contribution in [0, 0.1) is 13.8 Å². The third-order valence-corrected chi connectivity index (χ3v) is 6.45. The van der Waals surface area contributed by atoms with Gasteiger partial charge in [0.05, 0.1) is 0 Å². The molecule has 29 heavy (non-hydrogen) atoms. The SMILES string of the molecule is Cc1ccc(-c2ccc3c(c2)C(C)(C)c2cc(-c4ccc(C)cc4)ccc2-3)cc1. The largest absolute Gasteiger partial charge is 0.0587 e. The first-order chi connectivity index (χ1) is 13.9. The van der Waals surface area contributed by atoms with Crippen LogP contribution in [-0.2, 0) is 5.41 Å². The zero-order chi connectivity index (χ0) is 20.2. The second-order valence-corrected chi connectivity index (χ2v) is 8.88. The van der Waals surface area contributed by atoms with E-state index in [4.69, 9.17) is 0 Å². The average Bonchev–Trinajstić information content (AvgIpc) is 2.96. The molecule has 0 nitrogen and oxygen atoms in total. The summed E-state index contributed by atoms with van der Waals surface area (Å²) in [7, 11) is 0. The molecule has 0 aromatic heterocycles. The van der Waals surface area contributed by atoms with Crippen molar-refractivity contribution in [1.82, 2.24) is 0 Å². The van der Waals surface area contributed by atoms with Gasteiger partial charge in [0.15, 0.2) is 0 Å². The molecule has 0 fully saturated rings. The van der Waals surface area contributed by atoms with Crippen LogP contribution in [0.15, 0.2) is 84.9 Å². The van der Waals surface area contributed by atoms with Crippen molar-refractivity contribution in [1.29, 1.82) is 0 Å². The fraction of sp³-hybridized carbons (Fsp3) is 0.172. The summed E-state index contributed by atoms with van der Waals surface area (Å²) in [6.45, 7) is 8.99. The Morgan fingerprint density at radius 1 is 0.448 bits per heavy atom. The topological polar surface area (TPSA) is 0 Å². The van der Waals surface area contributed by atoms with E-state index < -0.39 is 0 Å². The highest BCUT2D eigenvalue weighted by Crippen LogP contribution is 2.50. The lowest BCUT2D eigenvalue weighted by atomic mass is 9.81. The molecule has 0 bridgehead atoms. The molecule has 1 aliphatic carbocycles. The number of hydrogen-bond donors (Lipinski definition) is 0. The third kappa shape index (κ3) is 2.91. The first-order valence-corrected chi connectivity index (χ1v) is 10.4. The summed E-state index contributed by atoms with van der Waals surface area (Å²) in [4.78, 5) is 0. The summed E-state index contributed by atoms with van der Waals surface area (Å²) in [6.07, 6.45) is 0. The van der Waals surface area contributed by atoms with E-state index in [2.05, 4.69) is 113 Å². The minimum Gasteiger partial charge on any atom is -0.0587 e. The van der Waals surface area contributed by atoms with Crippen molar-refractivity contribution in [3.8, 4) is 33.4 Å². The minimum atomic E-state index is -0.00786. The van der Waals surface area contributed by atoms with Crippen LogP contribution < -0.4 is 0 Å². The molecule has 0 saturated heterocycles. The Bertz CT molecular complexity index is 1110. The molecule has 142 valence electrons. The van der Waals surface area contributed by atoms with Gasteiger partial charge in [-0.3, -0.25) is 0 Å². The number of fused-ring (bicyclic) bond motifs is 3. The molecular weight excluding hydrogens is 348 g/mol. The smallest absolute Gasteiger partial charge is 0.0159 e. The Balaban J connectivity index is 1.61. The molecule has 0 atom stereocenters. The standard InChI is InChI=1S/C29H26/c1-19-5-9-21(10-6-19)23-13-15-25-26-16-14-24(22-11-7-20(2)8-12-22)18-28(26)29(3,4)27(25)17-23/h5-18H,1-4H3. The summed E-state index contributed by atoms with van der Waals surface area (Å²) in [5.74, 6) is 0. The van der Waals surface area contributed by atoms with E-state index in [0.29, 0.717) is 0 Å². The maximum absolute atomic E-state index is 2.39. The maximum atomic E-state index is 2.39. The van der Waals surface area contributed by atoms with Crippen molar-refractivity contribution in [2.45, 2.75) is 33.1 Å². The molecule has 0 heterocycles. The Morgan fingerprint density at radius 3 is 1.17 bits per heavy atom. The first kappa shape index (κ1) is 17.9. The predicted octanol–water partition coefficient (Wildman–Crippen LogP) is 7.94. The van der Waals surface area contributed by atoms with Gasteiger partial charge in [-0.1, -0.05) is 97.8 Å². The predicted molar refractivity (Wildman–Crippen MR) is 124 cm³/mol. The zero-order valence-corrected chi connectivity index (χ0v) is 17.6. The Hall–Kier alpha value is -3.12. The van der Waals surface area contributed by atoms with Gasteiger partial charge in [0.1, 0.15) is 0 Å². The summed E-state index contributed by atoms with van der Waals surface area (Å²) in [5.41, 5.74) is 13.3. The highest BCUT2D eigenvalue weighted by Gasteiger charge is 2.35. The van der Waals surface area contributed by atoms with Gasteiger partial charge in [-0.25, -0.2) is 0 Å². The molecular formula is C29H26. The molecule has 0 spiro atoms. The van der Waals surface area contributed by atoms with E-state index in [9.17, 15) is 0 Å². The molecule has 4 aromatic rings. The number of rotatable bonds is 2. The Morgan fingerprint density at radius 2 is 0.793 bits per heavy atom. The van der Waals surface area contributed by atoms with Gasteiger partial charge in [-0.05, 0) is 70.5 Å². The van der Waals surface area contributed by atoms with Crippen molar-refractivity contribution in [3.05, 3.63) is 107 Å². The molecule has 0 radical (unpaired) electrons. The van der Waals surface area contributed by atoms with E-state index in [1.807, 2.05) is 0 Å². The van der Waals surface area contributed by atoms with Crippen LogP contribution in [0.2, 0.25) is 0 Å². The van der Waals surface area contributed by atoms with E-state index in [1.54, 1.807) is 0 Å². The molecule has 0 unspecified atom stereocenters. The molecule has 1 aliphatic rings. The van der Waals surface area contributed by atoms with Crippen LogP contribution in [0.1, 0.15) is 36.1 Å². The van der Waals surface area contributed by atoms with Crippen molar-refractivity contribution < 1.29 is 0 Å². The minimum absolute atomic E-state index is 0.00786. The van der Waals surface area contributed by atoms with Gasteiger partial charge in [0.25, 0.3) is 0 Å². The second-order valence-electron chi connectivity index (χ2n) is 8.88. The molecule has 4 aromatic carbocycles. The third-order valence-electron chi connectivity index (χ3n) is 6.45. The zero-order valence-electron chi connectivity index (χ0n) is 17.6. The quantitative estimate of drug-likeness (QED) is 0.334. The lowest BCUT2D eigenvalue weighted by Crippen LogP contribution is -2.15. The summed E-state index contributed by atoms with van der Waals surface area (Å²) in [5, 5.41) is 0. The number of hydrogen-bond acceptors (Lipinski definition) is 0. The van der Waals surface area contributed by atoms with Crippen LogP contribution >= 0.6 is 0 Å². The van der Waals surface area contributed by atoms with Gasteiger partial charge >= 0.3 is 0 Å². The summed E-state index contributed by atoms with van der Waals surface area (Å²) >= 11 is 0. The molecule has 0 N–H and O–H groups in total. The molecule has 0 saturated carbocycles. The van der Waals surface area contributed by atoms with Crippen LogP contribution in [0.5, 0.6) is 0 Å². The number of benzene rings is 4. The highest BCUT2D eigenvalue weighted by molar-refractivity contribution is 5.85. The lowest BCUT2D eigenvalue weighted by molar-refractivity contribution is 0.661. The average molecular weight is 375 g/mol. The maximum Gasteiger partial charge on any atom is 0.0159 e. The van der Waals surface area contributed by atoms with Gasteiger partial charge in [-0.2, -0.15) is 0 Å². The van der Waals surface area contributed by atoms with Gasteiger partial charge < -0.3 is 0 Å². The van der Waals surface area contributed by atoms with Gasteiger partial charge in [0, 0.05) is 5.41 Å². The van der Waals surface area contributed by atoms with Crippen molar-refractivity contribution in [2.75, 3.05) is 0 Å². The van der Waals surface area contributed by atoms with Crippen molar-refractivity contribution in [2.24, 2.45) is 0 Å². The fourth-order valence-electron chi connectivity index (χ4n) is 4.59. The second kappa shape index (κ2) is 6.46. The Labute approximate surface area is 173 Å². The fourth-order valence-corrected chi connectivity index (χ4v) is 4.59. The van der Waals surface area contributed by atoms with Crippen LogP contribution in [0.25, 0.3) is 33.4 Å². The van der Waals surface area contributed by atoms with E-state index in [0.717, 1.165) is 0 Å². The Kier molecular flexibility index (Phi) is 3.99. The van der Waals surface area contributed by atoms with Crippen LogP contribution in [0.4, 0.5) is 0 Å². The monoisotopic (exact) mass is 374 g/mol. The van der Waals surface area contributed by atoms with Crippen molar-refractivity contribution >= 4 is 0 Å². The van der Waals surface area contributed by atoms with Gasteiger partial charge in [0.2, 0.25) is 0 Å². The van der Waals surface area contributed by atoms with E-state index in [1.165, 1.54) is 55.6 Å².